The number of aryl methyl sites for hydroxylation is 1. The highest BCUT2D eigenvalue weighted by Gasteiger charge is 2.44. The van der Waals surface area contributed by atoms with Crippen LogP contribution in [0.1, 0.15) is 84.2 Å². The second-order valence-corrected chi connectivity index (χ2v) is 12.2. The van der Waals surface area contributed by atoms with Gasteiger partial charge in [-0.1, -0.05) is 39.7 Å². The molecular weight excluding hydrogens is 542 g/mol. The summed E-state index contributed by atoms with van der Waals surface area (Å²) in [6.07, 6.45) is 2.13. The molecule has 0 bridgehead atoms. The average molecular weight is 588 g/mol. The van der Waals surface area contributed by atoms with Gasteiger partial charge in [0.25, 0.3) is 0 Å². The number of carbonyl (C=O) groups excluding carboxylic acids is 3. The van der Waals surface area contributed by atoms with E-state index in [-0.39, 0.29) is 37.6 Å². The predicted molar refractivity (Wildman–Crippen MR) is 157 cm³/mol. The normalized spacial score (nSPS) is 18.5. The van der Waals surface area contributed by atoms with Crippen molar-refractivity contribution in [3.63, 3.8) is 0 Å². The first kappa shape index (κ1) is 32.8. The number of carboxylic acid groups (broad SMARTS) is 1. The van der Waals surface area contributed by atoms with E-state index >= 15 is 0 Å². The van der Waals surface area contributed by atoms with E-state index in [1.54, 1.807) is 11.8 Å². The molecule has 232 valence electrons. The Balaban J connectivity index is 1.66. The van der Waals surface area contributed by atoms with Gasteiger partial charge in [0.2, 0.25) is 23.6 Å². The third kappa shape index (κ3) is 8.21. The number of fused-ring (bicyclic) bond motifs is 1. The number of nitrogens with zero attached hydrogens (tertiary/aromatic N) is 3. The summed E-state index contributed by atoms with van der Waals surface area (Å²) in [5, 5.41) is 30.2. The second kappa shape index (κ2) is 14.0. The third-order valence-electron chi connectivity index (χ3n) is 7.72. The molecule has 2 aromatic rings. The molecule has 1 aliphatic heterocycles. The van der Waals surface area contributed by atoms with Crippen LogP contribution in [0.4, 0.5) is 0 Å². The lowest BCUT2D eigenvalue weighted by Gasteiger charge is -2.35. The van der Waals surface area contributed by atoms with Crippen LogP contribution in [-0.2, 0) is 26.2 Å². The van der Waals surface area contributed by atoms with Crippen LogP contribution in [0.25, 0.3) is 10.9 Å². The van der Waals surface area contributed by atoms with Crippen molar-refractivity contribution in [1.29, 1.82) is 0 Å². The van der Waals surface area contributed by atoms with E-state index in [9.17, 15) is 24.3 Å². The van der Waals surface area contributed by atoms with Crippen molar-refractivity contribution >= 4 is 34.6 Å². The molecule has 3 rings (SSSR count). The summed E-state index contributed by atoms with van der Waals surface area (Å²) in [4.78, 5) is 52.0. The molecule has 42 heavy (non-hydrogen) atoms. The van der Waals surface area contributed by atoms with Crippen LogP contribution < -0.4 is 15.4 Å². The van der Waals surface area contributed by atoms with Crippen LogP contribution in [0.3, 0.4) is 0 Å². The van der Waals surface area contributed by atoms with Gasteiger partial charge in [-0.05, 0) is 42.9 Å². The lowest BCUT2D eigenvalue weighted by atomic mass is 9.85. The van der Waals surface area contributed by atoms with E-state index < -0.39 is 41.5 Å². The van der Waals surface area contributed by atoms with Crippen molar-refractivity contribution < 1.29 is 34.1 Å². The Morgan fingerprint density at radius 3 is 2.38 bits per heavy atom. The first-order valence-electron chi connectivity index (χ1n) is 14.5. The zero-order chi connectivity index (χ0) is 31.2. The number of aliphatic hydroxyl groups excluding tert-OH is 1. The number of unbranched alkanes of at least 4 members (excludes halogenated alkanes) is 3. The maximum Gasteiger partial charge on any atom is 0.303 e. The zero-order valence-electron chi connectivity index (χ0n) is 25.5. The Bertz CT molecular complexity index is 1280. The van der Waals surface area contributed by atoms with E-state index in [1.807, 2.05) is 52.9 Å². The molecule has 1 aliphatic rings. The largest absolute Gasteiger partial charge is 0.481 e. The number of rotatable bonds is 13. The number of benzene rings is 1. The number of carboxylic acids is 1. The van der Waals surface area contributed by atoms with E-state index in [0.717, 1.165) is 16.5 Å². The molecule has 2 unspecified atom stereocenters. The average Bonchev–Trinajstić information content (AvgIpc) is 3.47. The van der Waals surface area contributed by atoms with Gasteiger partial charge in [-0.25, -0.2) is 0 Å². The first-order valence-corrected chi connectivity index (χ1v) is 14.5. The fraction of sp³-hybridized carbons (Fsp3) is 0.633. The summed E-state index contributed by atoms with van der Waals surface area (Å²) in [5.74, 6) is -1.43. The van der Waals surface area contributed by atoms with Crippen molar-refractivity contribution in [2.45, 2.75) is 96.9 Å². The molecule has 12 heteroatoms. The molecule has 12 nitrogen and oxygen atoms in total. The number of likely N-dealkylation sites (tertiary alicyclic amines) is 1. The minimum Gasteiger partial charge on any atom is -0.481 e. The van der Waals surface area contributed by atoms with Crippen LogP contribution in [0.15, 0.2) is 18.2 Å². The Kier molecular flexibility index (Phi) is 10.9. The number of nitrogens with one attached hydrogen (secondary N) is 2. The van der Waals surface area contributed by atoms with Crippen molar-refractivity contribution in [2.75, 3.05) is 13.7 Å². The molecule has 1 fully saturated rings. The van der Waals surface area contributed by atoms with Gasteiger partial charge in [-0.3, -0.25) is 23.9 Å². The number of methoxy groups -OCH3 is 1. The highest BCUT2D eigenvalue weighted by molar-refractivity contribution is 5.93. The van der Waals surface area contributed by atoms with Gasteiger partial charge < -0.3 is 30.5 Å². The molecule has 0 spiro atoms. The monoisotopic (exact) mass is 587 g/mol. The fourth-order valence-corrected chi connectivity index (χ4v) is 5.33. The summed E-state index contributed by atoms with van der Waals surface area (Å²) in [6, 6.07) is 3.55. The van der Waals surface area contributed by atoms with Crippen molar-refractivity contribution in [3.8, 4) is 5.88 Å². The minimum atomic E-state index is -0.893. The third-order valence-corrected chi connectivity index (χ3v) is 7.72. The van der Waals surface area contributed by atoms with Crippen LogP contribution in [0.2, 0.25) is 0 Å². The van der Waals surface area contributed by atoms with Crippen molar-refractivity contribution in [2.24, 2.45) is 12.5 Å². The number of aliphatic hydroxyl groups is 1. The maximum absolute atomic E-state index is 13.8. The highest BCUT2D eigenvalue weighted by Crippen LogP contribution is 2.29. The SMILES string of the molecule is COc1nn(C)c2ccc(C(C)NC(=O)[C@@H]3C[C@@H](O)CN3C(=O)C(NC(=O)CCCCCCC(=O)O)C(C)(C)C)cc12. The summed E-state index contributed by atoms with van der Waals surface area (Å²) in [5.41, 5.74) is 1.08. The smallest absolute Gasteiger partial charge is 0.303 e. The summed E-state index contributed by atoms with van der Waals surface area (Å²) < 4.78 is 7.10. The molecule has 4 atom stereocenters. The standard InChI is InChI=1S/C30H45N5O7/c1-18(19-13-14-22-21(15-19)28(42-6)33-34(22)5)31-27(40)23-16-20(36)17-35(23)29(41)26(30(2,3)4)32-24(37)11-9-7-8-10-12-25(38)39/h13-15,18,20,23,26,36H,7-12,16-17H2,1-6H3,(H,31,40)(H,32,37)(H,38,39)/t18?,20-,23+,26?/m1/s1. The second-order valence-electron chi connectivity index (χ2n) is 12.2. The topological polar surface area (TPSA) is 163 Å². The van der Waals surface area contributed by atoms with Gasteiger partial charge >= 0.3 is 5.97 Å². The van der Waals surface area contributed by atoms with Gasteiger partial charge in [-0.15, -0.1) is 5.10 Å². The number of aliphatic carboxylic acids is 1. The quantitative estimate of drug-likeness (QED) is 0.260. The molecule has 4 N–H and O–H groups in total. The van der Waals surface area contributed by atoms with E-state index in [1.165, 1.54) is 4.90 Å². The first-order chi connectivity index (χ1) is 19.7. The van der Waals surface area contributed by atoms with Gasteiger partial charge in [0.1, 0.15) is 12.1 Å². The molecule has 0 aliphatic carbocycles. The molecule has 0 radical (unpaired) electrons. The van der Waals surface area contributed by atoms with Crippen molar-refractivity contribution in [3.05, 3.63) is 23.8 Å². The molecule has 3 amide bonds. The van der Waals surface area contributed by atoms with Crippen LogP contribution in [0, 0.1) is 5.41 Å². The zero-order valence-corrected chi connectivity index (χ0v) is 25.5. The van der Waals surface area contributed by atoms with Crippen LogP contribution in [-0.4, -0.2) is 80.4 Å². The summed E-state index contributed by atoms with van der Waals surface area (Å²) >= 11 is 0. The van der Waals surface area contributed by atoms with Gasteiger partial charge in [0.15, 0.2) is 0 Å². The number of ether oxygens (including phenoxy) is 1. The minimum absolute atomic E-state index is 0.00380. The number of β-amino-alcohol motifs (C(OH)–C–C–N with tert-alkyl or cyclic N) is 1. The summed E-state index contributed by atoms with van der Waals surface area (Å²) in [7, 11) is 3.38. The lowest BCUT2D eigenvalue weighted by molar-refractivity contribution is -0.144. The molecule has 2 heterocycles. The van der Waals surface area contributed by atoms with E-state index in [0.29, 0.717) is 31.6 Å². The Morgan fingerprint density at radius 1 is 1.10 bits per heavy atom. The number of carbonyl (C=O) groups is 4. The summed E-state index contributed by atoms with van der Waals surface area (Å²) in [6.45, 7) is 7.37. The van der Waals surface area contributed by atoms with E-state index in [4.69, 9.17) is 9.84 Å². The Hall–Kier alpha value is -3.67. The number of hydrogen-bond acceptors (Lipinski definition) is 7. The number of amides is 3. The number of aromatic nitrogens is 2. The van der Waals surface area contributed by atoms with Crippen molar-refractivity contribution in [1.82, 2.24) is 25.3 Å². The highest BCUT2D eigenvalue weighted by atomic mass is 16.5. The maximum atomic E-state index is 13.8. The molecule has 1 saturated heterocycles. The number of hydrogen-bond donors (Lipinski definition) is 4. The Labute approximate surface area is 246 Å². The van der Waals surface area contributed by atoms with Crippen LogP contribution >= 0.6 is 0 Å². The predicted octanol–water partition coefficient (Wildman–Crippen LogP) is 2.68. The van der Waals surface area contributed by atoms with Crippen LogP contribution in [0.5, 0.6) is 5.88 Å². The van der Waals surface area contributed by atoms with Gasteiger partial charge in [0.05, 0.1) is 30.2 Å². The molecule has 0 saturated carbocycles. The molecule has 1 aromatic carbocycles. The molecular formula is C30H45N5O7. The fourth-order valence-electron chi connectivity index (χ4n) is 5.33. The lowest BCUT2D eigenvalue weighted by Crippen LogP contribution is -2.57. The van der Waals surface area contributed by atoms with Gasteiger partial charge in [-0.2, -0.15) is 0 Å². The van der Waals surface area contributed by atoms with E-state index in [2.05, 4.69) is 15.7 Å². The van der Waals surface area contributed by atoms with Gasteiger partial charge in [0, 0.05) is 32.9 Å². The molecule has 1 aromatic heterocycles. The Morgan fingerprint density at radius 2 is 1.76 bits per heavy atom.